The predicted octanol–water partition coefficient (Wildman–Crippen LogP) is 0.534. The van der Waals surface area contributed by atoms with Crippen LogP contribution in [0.15, 0.2) is 18.2 Å². The first kappa shape index (κ1) is 13.5. The lowest BCUT2D eigenvalue weighted by Crippen LogP contribution is -2.30. The van der Waals surface area contributed by atoms with Crippen LogP contribution in [0.3, 0.4) is 0 Å². The van der Waals surface area contributed by atoms with Gasteiger partial charge < -0.3 is 16.4 Å². The fraction of sp³-hybridized carbons (Fsp3) is 0.429. The van der Waals surface area contributed by atoms with E-state index in [1.54, 1.807) is 0 Å². The minimum atomic E-state index is -0.543. The fourth-order valence-electron chi connectivity index (χ4n) is 2.19. The number of carbonyl (C=O) groups excluding carboxylic acids is 2. The monoisotopic (exact) mass is 261 g/mol. The number of carbonyl (C=O) groups is 2. The van der Waals surface area contributed by atoms with Gasteiger partial charge in [0.15, 0.2) is 0 Å². The molecule has 1 aliphatic heterocycles. The second-order valence-electron chi connectivity index (χ2n) is 5.27. The van der Waals surface area contributed by atoms with Crippen LogP contribution < -0.4 is 16.4 Å². The molecule has 4 N–H and O–H groups in total. The number of hydrogen-bond acceptors (Lipinski definition) is 3. The molecular formula is C14H19N3O2. The number of nitrogens with one attached hydrogen (secondary N) is 2. The second-order valence-corrected chi connectivity index (χ2v) is 5.27. The quantitative estimate of drug-likeness (QED) is 0.739. The van der Waals surface area contributed by atoms with Crippen molar-refractivity contribution in [1.82, 2.24) is 5.32 Å². The minimum Gasteiger partial charge on any atom is -0.355 e. The molecule has 1 aromatic rings. The van der Waals surface area contributed by atoms with Gasteiger partial charge >= 0.3 is 0 Å². The van der Waals surface area contributed by atoms with Crippen molar-refractivity contribution in [3.63, 3.8) is 0 Å². The molecule has 0 radical (unpaired) electrons. The van der Waals surface area contributed by atoms with E-state index in [-0.39, 0.29) is 11.8 Å². The molecule has 5 heteroatoms. The number of benzene rings is 1. The summed E-state index contributed by atoms with van der Waals surface area (Å²) in [6.45, 7) is 4.68. The lowest BCUT2D eigenvalue weighted by Gasteiger charge is -2.15. The van der Waals surface area contributed by atoms with Crippen molar-refractivity contribution in [1.29, 1.82) is 0 Å². The van der Waals surface area contributed by atoms with Crippen molar-refractivity contribution < 1.29 is 9.59 Å². The van der Waals surface area contributed by atoms with Gasteiger partial charge in [-0.15, -0.1) is 0 Å². The van der Waals surface area contributed by atoms with Gasteiger partial charge in [0.05, 0.1) is 11.8 Å². The summed E-state index contributed by atoms with van der Waals surface area (Å²) in [5, 5.41) is 5.58. The van der Waals surface area contributed by atoms with E-state index in [1.807, 2.05) is 32.0 Å². The highest BCUT2D eigenvalue weighted by Gasteiger charge is 2.38. The van der Waals surface area contributed by atoms with E-state index in [1.165, 1.54) is 0 Å². The lowest BCUT2D eigenvalue weighted by atomic mass is 9.85. The maximum absolute atomic E-state index is 11.8. The van der Waals surface area contributed by atoms with E-state index in [4.69, 9.17) is 5.73 Å². The molecule has 1 heterocycles. The highest BCUT2D eigenvalue weighted by atomic mass is 16.2. The largest absolute Gasteiger partial charge is 0.355 e. The Morgan fingerprint density at radius 3 is 2.84 bits per heavy atom. The van der Waals surface area contributed by atoms with Crippen molar-refractivity contribution in [3.8, 4) is 0 Å². The summed E-state index contributed by atoms with van der Waals surface area (Å²) in [5.41, 5.74) is 7.47. The van der Waals surface area contributed by atoms with E-state index in [2.05, 4.69) is 10.6 Å². The van der Waals surface area contributed by atoms with Gasteiger partial charge in [0.1, 0.15) is 0 Å². The summed E-state index contributed by atoms with van der Waals surface area (Å²) < 4.78 is 0. The van der Waals surface area contributed by atoms with Crippen LogP contribution in [-0.4, -0.2) is 24.9 Å². The van der Waals surface area contributed by atoms with Gasteiger partial charge in [-0.1, -0.05) is 12.1 Å². The third-order valence-corrected chi connectivity index (χ3v) is 3.40. The summed E-state index contributed by atoms with van der Waals surface area (Å²) in [7, 11) is 0. The van der Waals surface area contributed by atoms with Crippen LogP contribution in [0.4, 0.5) is 5.69 Å². The summed E-state index contributed by atoms with van der Waals surface area (Å²) in [5.74, 6) is -0.0623. The first-order valence-electron chi connectivity index (χ1n) is 6.37. The number of nitrogens with two attached hydrogens (primary N) is 1. The van der Waals surface area contributed by atoms with Crippen LogP contribution in [0.2, 0.25) is 0 Å². The number of fused-ring (bicyclic) bond motifs is 1. The Kier molecular flexibility index (Phi) is 3.57. The highest BCUT2D eigenvalue weighted by molar-refractivity contribution is 6.05. The molecule has 1 aliphatic rings. The Hall–Kier alpha value is -1.88. The molecule has 0 saturated carbocycles. The van der Waals surface area contributed by atoms with Crippen LogP contribution in [0, 0.1) is 0 Å². The molecule has 5 nitrogen and oxygen atoms in total. The SMILES string of the molecule is CC1(C)C(=O)Nc2ccc(CC(=O)NCCN)cc21. The standard InChI is InChI=1S/C14H19N3O2/c1-14(2)10-7-9(8-12(18)16-6-5-15)3-4-11(10)17-13(14)19/h3-4,7H,5-6,8,15H2,1-2H3,(H,16,18)(H,17,19). The Labute approximate surface area is 112 Å². The molecular weight excluding hydrogens is 242 g/mol. The maximum atomic E-state index is 11.8. The zero-order valence-electron chi connectivity index (χ0n) is 11.2. The van der Waals surface area contributed by atoms with Gasteiger partial charge in [-0.3, -0.25) is 9.59 Å². The first-order chi connectivity index (χ1) is 8.95. The molecule has 2 rings (SSSR count). The van der Waals surface area contributed by atoms with Crippen LogP contribution >= 0.6 is 0 Å². The van der Waals surface area contributed by atoms with E-state index >= 15 is 0 Å². The average molecular weight is 261 g/mol. The smallest absolute Gasteiger partial charge is 0.234 e. The Balaban J connectivity index is 2.16. The van der Waals surface area contributed by atoms with Crippen LogP contribution in [0.25, 0.3) is 0 Å². The van der Waals surface area contributed by atoms with Gasteiger partial charge in [0.2, 0.25) is 11.8 Å². The first-order valence-corrected chi connectivity index (χ1v) is 6.37. The van der Waals surface area contributed by atoms with Gasteiger partial charge in [-0.25, -0.2) is 0 Å². The predicted molar refractivity (Wildman–Crippen MR) is 73.9 cm³/mol. The Morgan fingerprint density at radius 1 is 1.42 bits per heavy atom. The normalized spacial score (nSPS) is 15.8. The van der Waals surface area contributed by atoms with Crippen molar-refractivity contribution in [3.05, 3.63) is 29.3 Å². The summed E-state index contributed by atoms with van der Waals surface area (Å²) in [6, 6.07) is 5.64. The fourth-order valence-corrected chi connectivity index (χ4v) is 2.19. The molecule has 0 atom stereocenters. The van der Waals surface area contributed by atoms with E-state index in [0.29, 0.717) is 19.5 Å². The van der Waals surface area contributed by atoms with E-state index < -0.39 is 5.41 Å². The minimum absolute atomic E-state index is 0.00719. The average Bonchev–Trinajstić information content (AvgIpc) is 2.59. The number of amides is 2. The Bertz CT molecular complexity index is 523. The molecule has 0 unspecified atom stereocenters. The van der Waals surface area contributed by atoms with E-state index in [0.717, 1.165) is 16.8 Å². The summed E-state index contributed by atoms with van der Waals surface area (Å²) >= 11 is 0. The zero-order chi connectivity index (χ0) is 14.0. The molecule has 0 aliphatic carbocycles. The topological polar surface area (TPSA) is 84.2 Å². The van der Waals surface area contributed by atoms with Crippen LogP contribution in [-0.2, 0) is 21.4 Å². The van der Waals surface area contributed by atoms with Crippen molar-refractivity contribution in [2.75, 3.05) is 18.4 Å². The number of rotatable bonds is 4. The van der Waals surface area contributed by atoms with Crippen LogP contribution in [0.5, 0.6) is 0 Å². The Morgan fingerprint density at radius 2 is 2.16 bits per heavy atom. The van der Waals surface area contributed by atoms with Crippen molar-refractivity contribution in [2.24, 2.45) is 5.73 Å². The zero-order valence-corrected chi connectivity index (χ0v) is 11.2. The molecule has 0 bridgehead atoms. The molecule has 19 heavy (non-hydrogen) atoms. The number of anilines is 1. The molecule has 0 spiro atoms. The summed E-state index contributed by atoms with van der Waals surface area (Å²) in [4.78, 5) is 23.5. The third kappa shape index (κ3) is 2.61. The third-order valence-electron chi connectivity index (χ3n) is 3.40. The second kappa shape index (κ2) is 5.01. The number of hydrogen-bond donors (Lipinski definition) is 3. The molecule has 0 fully saturated rings. The molecule has 0 saturated heterocycles. The highest BCUT2D eigenvalue weighted by Crippen LogP contribution is 2.37. The molecule has 2 amide bonds. The van der Waals surface area contributed by atoms with Gasteiger partial charge in [-0.2, -0.15) is 0 Å². The summed E-state index contributed by atoms with van der Waals surface area (Å²) in [6.07, 6.45) is 0.303. The van der Waals surface area contributed by atoms with Gasteiger partial charge in [-0.05, 0) is 31.0 Å². The molecule has 0 aromatic heterocycles. The van der Waals surface area contributed by atoms with Crippen molar-refractivity contribution >= 4 is 17.5 Å². The maximum Gasteiger partial charge on any atom is 0.234 e. The van der Waals surface area contributed by atoms with Crippen molar-refractivity contribution in [2.45, 2.75) is 25.7 Å². The molecule has 102 valence electrons. The van der Waals surface area contributed by atoms with Gasteiger partial charge in [0.25, 0.3) is 0 Å². The van der Waals surface area contributed by atoms with E-state index in [9.17, 15) is 9.59 Å². The molecule has 1 aromatic carbocycles. The van der Waals surface area contributed by atoms with Crippen LogP contribution in [0.1, 0.15) is 25.0 Å². The lowest BCUT2D eigenvalue weighted by molar-refractivity contribution is -0.120. The van der Waals surface area contributed by atoms with Gasteiger partial charge in [0, 0.05) is 18.8 Å².